The fraction of sp³-hybridized carbons (Fsp3) is 0.276. The molecule has 0 saturated carbocycles. The van der Waals surface area contributed by atoms with Crippen molar-refractivity contribution < 1.29 is 27.6 Å². The summed E-state index contributed by atoms with van der Waals surface area (Å²) in [7, 11) is 0. The van der Waals surface area contributed by atoms with E-state index in [1.54, 1.807) is 55.1 Å². The van der Waals surface area contributed by atoms with Gasteiger partial charge in [0.05, 0.1) is 23.2 Å². The van der Waals surface area contributed by atoms with Crippen molar-refractivity contribution in [3.05, 3.63) is 97.6 Å². The molecular formula is C29H27F3IN5O3S. The van der Waals surface area contributed by atoms with Crippen molar-refractivity contribution in [3.63, 3.8) is 0 Å². The number of aryl methyl sites for hydroxylation is 1. The number of carbonyl (C=O) groups excluding carboxylic acids is 3. The van der Waals surface area contributed by atoms with Gasteiger partial charge in [0.2, 0.25) is 0 Å². The van der Waals surface area contributed by atoms with Gasteiger partial charge < -0.3 is 10.6 Å². The van der Waals surface area contributed by atoms with Crippen molar-refractivity contribution in [2.24, 2.45) is 10.3 Å². The van der Waals surface area contributed by atoms with Crippen LogP contribution in [0.4, 0.5) is 18.9 Å². The highest BCUT2D eigenvalue weighted by Crippen LogP contribution is 2.33. The number of amides is 3. The van der Waals surface area contributed by atoms with Crippen LogP contribution >= 0.6 is 34.4 Å². The average molecular weight is 710 g/mol. The molecule has 0 aliphatic carbocycles. The van der Waals surface area contributed by atoms with Crippen molar-refractivity contribution >= 4 is 57.8 Å². The van der Waals surface area contributed by atoms with Crippen LogP contribution in [0.2, 0.25) is 0 Å². The summed E-state index contributed by atoms with van der Waals surface area (Å²) in [6.07, 6.45) is -2.52. The SMILES string of the molecule is CSCC(C)NC(=O)c1c(I)cccc1C(=O)Nc1ccc(CN2N=NC(c3ccc(C(F)(F)F)cc3)C2=O)cc1C. The first-order valence-corrected chi connectivity index (χ1v) is 15.2. The minimum absolute atomic E-state index is 0.0681. The largest absolute Gasteiger partial charge is 0.416 e. The molecule has 8 nitrogen and oxygen atoms in total. The number of alkyl halides is 3. The molecule has 1 aliphatic rings. The van der Waals surface area contributed by atoms with Crippen LogP contribution in [-0.4, -0.2) is 40.8 Å². The Bertz CT molecular complexity index is 1530. The third-order valence-corrected chi connectivity index (χ3v) is 8.20. The second-order valence-electron chi connectivity index (χ2n) is 9.72. The van der Waals surface area contributed by atoms with Gasteiger partial charge in [-0.25, -0.2) is 5.01 Å². The summed E-state index contributed by atoms with van der Waals surface area (Å²) in [5.41, 5.74) is 2.01. The molecule has 2 unspecified atom stereocenters. The van der Waals surface area contributed by atoms with Crippen molar-refractivity contribution in [1.82, 2.24) is 10.3 Å². The van der Waals surface area contributed by atoms with Crippen LogP contribution < -0.4 is 10.6 Å². The van der Waals surface area contributed by atoms with E-state index >= 15 is 0 Å². The Kier molecular flexibility index (Phi) is 9.92. The number of anilines is 1. The van der Waals surface area contributed by atoms with Crippen LogP contribution in [0.25, 0.3) is 0 Å². The number of nitrogens with one attached hydrogen (secondary N) is 2. The van der Waals surface area contributed by atoms with Crippen molar-refractivity contribution in [3.8, 4) is 0 Å². The molecule has 2 atom stereocenters. The first-order chi connectivity index (χ1) is 19.9. The Morgan fingerprint density at radius 3 is 2.45 bits per heavy atom. The second-order valence-corrected chi connectivity index (χ2v) is 11.8. The molecule has 13 heteroatoms. The number of benzene rings is 3. The zero-order chi connectivity index (χ0) is 30.6. The van der Waals surface area contributed by atoms with Crippen LogP contribution in [0, 0.1) is 10.5 Å². The lowest BCUT2D eigenvalue weighted by molar-refractivity contribution is -0.137. The fourth-order valence-corrected chi connectivity index (χ4v) is 5.71. The van der Waals surface area contributed by atoms with Gasteiger partial charge in [0.25, 0.3) is 17.7 Å². The molecule has 0 saturated heterocycles. The van der Waals surface area contributed by atoms with Gasteiger partial charge in [0.15, 0.2) is 6.04 Å². The minimum atomic E-state index is -4.47. The summed E-state index contributed by atoms with van der Waals surface area (Å²) in [6, 6.07) is 13.5. The second kappa shape index (κ2) is 13.2. The van der Waals surface area contributed by atoms with Crippen LogP contribution in [0.3, 0.4) is 0 Å². The summed E-state index contributed by atoms with van der Waals surface area (Å²) in [6.45, 7) is 3.79. The van der Waals surface area contributed by atoms with E-state index in [1.807, 2.05) is 35.8 Å². The Hall–Kier alpha value is -3.46. The molecule has 2 N–H and O–H groups in total. The van der Waals surface area contributed by atoms with Gasteiger partial charge in [-0.15, -0.1) is 0 Å². The highest BCUT2D eigenvalue weighted by atomic mass is 127. The lowest BCUT2D eigenvalue weighted by atomic mass is 10.0. The molecule has 220 valence electrons. The molecule has 0 bridgehead atoms. The molecule has 3 aromatic rings. The first-order valence-electron chi connectivity index (χ1n) is 12.8. The van der Waals surface area contributed by atoms with Gasteiger partial charge in [-0.3, -0.25) is 14.4 Å². The van der Waals surface area contributed by atoms with E-state index in [0.717, 1.165) is 22.9 Å². The molecule has 3 amide bonds. The predicted octanol–water partition coefficient (Wildman–Crippen LogP) is 6.80. The Morgan fingerprint density at radius 1 is 1.10 bits per heavy atom. The highest BCUT2D eigenvalue weighted by Gasteiger charge is 2.34. The Labute approximate surface area is 258 Å². The van der Waals surface area contributed by atoms with Crippen LogP contribution in [0.5, 0.6) is 0 Å². The Morgan fingerprint density at radius 2 is 1.81 bits per heavy atom. The lowest BCUT2D eigenvalue weighted by Gasteiger charge is -2.17. The summed E-state index contributed by atoms with van der Waals surface area (Å²) in [5, 5.41) is 14.8. The maximum Gasteiger partial charge on any atom is 0.416 e. The van der Waals surface area contributed by atoms with Gasteiger partial charge in [-0.1, -0.05) is 35.6 Å². The highest BCUT2D eigenvalue weighted by molar-refractivity contribution is 14.1. The van der Waals surface area contributed by atoms with E-state index in [9.17, 15) is 27.6 Å². The molecule has 1 heterocycles. The number of rotatable bonds is 9. The molecule has 0 aromatic heterocycles. The van der Waals surface area contributed by atoms with Crippen molar-refractivity contribution in [2.45, 2.75) is 38.7 Å². The third kappa shape index (κ3) is 7.30. The molecule has 3 aromatic carbocycles. The van der Waals surface area contributed by atoms with Gasteiger partial charge in [0.1, 0.15) is 0 Å². The monoisotopic (exact) mass is 709 g/mol. The third-order valence-electron chi connectivity index (χ3n) is 6.47. The minimum Gasteiger partial charge on any atom is -0.349 e. The van der Waals surface area contributed by atoms with Crippen molar-refractivity contribution in [1.29, 1.82) is 0 Å². The molecule has 0 radical (unpaired) electrons. The smallest absolute Gasteiger partial charge is 0.349 e. The van der Waals surface area contributed by atoms with Crippen LogP contribution in [0.1, 0.15) is 55.9 Å². The number of hydrogen-bond donors (Lipinski definition) is 2. The molecule has 1 aliphatic heterocycles. The number of hydrogen-bond acceptors (Lipinski definition) is 6. The van der Waals surface area contributed by atoms with Crippen LogP contribution in [-0.2, 0) is 17.5 Å². The van der Waals surface area contributed by atoms with E-state index in [4.69, 9.17) is 0 Å². The van der Waals surface area contributed by atoms with Gasteiger partial charge in [-0.05, 0) is 89.7 Å². The van der Waals surface area contributed by atoms with Gasteiger partial charge in [-0.2, -0.15) is 30.0 Å². The zero-order valence-corrected chi connectivity index (χ0v) is 25.8. The summed E-state index contributed by atoms with van der Waals surface area (Å²) in [5.74, 6) is -0.476. The van der Waals surface area contributed by atoms with E-state index < -0.39 is 29.6 Å². The quantitative estimate of drug-likeness (QED) is 0.239. The lowest BCUT2D eigenvalue weighted by Crippen LogP contribution is -2.36. The topological polar surface area (TPSA) is 103 Å². The predicted molar refractivity (Wildman–Crippen MR) is 163 cm³/mol. The maximum absolute atomic E-state index is 13.3. The average Bonchev–Trinajstić information content (AvgIpc) is 3.29. The molecule has 42 heavy (non-hydrogen) atoms. The number of halogens is 4. The number of nitrogens with zero attached hydrogens (tertiary/aromatic N) is 3. The zero-order valence-electron chi connectivity index (χ0n) is 22.8. The number of thioether (sulfide) groups is 1. The fourth-order valence-electron chi connectivity index (χ4n) is 4.38. The van der Waals surface area contributed by atoms with E-state index in [-0.39, 0.29) is 24.1 Å². The Balaban J connectivity index is 1.43. The summed E-state index contributed by atoms with van der Waals surface area (Å²) in [4.78, 5) is 39.2. The molecule has 0 fully saturated rings. The first kappa shape index (κ1) is 31.5. The van der Waals surface area contributed by atoms with Gasteiger partial charge in [0, 0.05) is 21.1 Å². The summed E-state index contributed by atoms with van der Waals surface area (Å²) < 4.78 is 39.3. The molecule has 4 rings (SSSR count). The van der Waals surface area contributed by atoms with E-state index in [0.29, 0.717) is 31.5 Å². The van der Waals surface area contributed by atoms with E-state index in [2.05, 4.69) is 21.0 Å². The number of carbonyl (C=O) groups is 3. The van der Waals surface area contributed by atoms with E-state index in [1.165, 1.54) is 12.1 Å². The maximum atomic E-state index is 13.3. The summed E-state index contributed by atoms with van der Waals surface area (Å²) >= 11 is 3.65. The van der Waals surface area contributed by atoms with Gasteiger partial charge >= 0.3 is 6.18 Å². The molecular weight excluding hydrogens is 682 g/mol. The van der Waals surface area contributed by atoms with Crippen LogP contribution in [0.15, 0.2) is 71.0 Å². The standard InChI is InChI=1S/C29H27F3IN5O3S/c1-16-13-18(14-38-28(41)25(36-37-38)19-8-10-20(11-9-19)29(30,31)32)7-12-23(16)35-26(39)21-5-4-6-22(33)24(21)27(40)34-17(2)15-42-3/h4-13,17,25H,14-15H2,1-3H3,(H,34,40)(H,35,39). The molecule has 0 spiro atoms. The van der Waals surface area contributed by atoms with Crippen molar-refractivity contribution in [2.75, 3.05) is 17.3 Å². The normalized spacial score (nSPS) is 15.5.